The van der Waals surface area contributed by atoms with Crippen molar-refractivity contribution in [2.75, 3.05) is 0 Å². The van der Waals surface area contributed by atoms with Crippen LogP contribution in [0.15, 0.2) is 42.5 Å². The van der Waals surface area contributed by atoms with Crippen LogP contribution in [-0.2, 0) is 0 Å². The number of benzene rings is 2. The Morgan fingerprint density at radius 2 is 1.76 bits per heavy atom. The minimum absolute atomic E-state index is 0.0181. The molecule has 0 aliphatic heterocycles. The summed E-state index contributed by atoms with van der Waals surface area (Å²) < 4.78 is 13.2. The average molecular weight is 314 g/mol. The Hall–Kier alpha value is -0.860. The van der Waals surface area contributed by atoms with Crippen molar-refractivity contribution in [2.45, 2.75) is 11.8 Å². The van der Waals surface area contributed by atoms with Gasteiger partial charge in [-0.3, -0.25) is 0 Å². The van der Waals surface area contributed by atoms with E-state index >= 15 is 0 Å². The van der Waals surface area contributed by atoms with Crippen molar-refractivity contribution in [3.63, 3.8) is 0 Å². The van der Waals surface area contributed by atoms with Gasteiger partial charge in [0.2, 0.25) is 0 Å². The zero-order chi connectivity index (χ0) is 12.4. The molecular formula is C14H11BrClF. The molecule has 0 spiro atoms. The van der Waals surface area contributed by atoms with Crippen LogP contribution in [0.1, 0.15) is 21.5 Å². The van der Waals surface area contributed by atoms with Gasteiger partial charge in [0.15, 0.2) is 0 Å². The van der Waals surface area contributed by atoms with Gasteiger partial charge in [0.1, 0.15) is 5.82 Å². The second-order valence-electron chi connectivity index (χ2n) is 3.92. The van der Waals surface area contributed by atoms with E-state index in [4.69, 9.17) is 11.6 Å². The van der Waals surface area contributed by atoms with Gasteiger partial charge in [-0.25, -0.2) is 4.39 Å². The summed E-state index contributed by atoms with van der Waals surface area (Å²) in [6.45, 7) is 1.97. The average Bonchev–Trinajstić information content (AvgIpc) is 2.32. The van der Waals surface area contributed by atoms with Gasteiger partial charge >= 0.3 is 0 Å². The quantitative estimate of drug-likeness (QED) is 0.662. The normalized spacial score (nSPS) is 12.5. The Bertz CT molecular complexity index is 522. The van der Waals surface area contributed by atoms with E-state index in [0.29, 0.717) is 5.02 Å². The molecule has 2 rings (SSSR count). The van der Waals surface area contributed by atoms with E-state index in [1.807, 2.05) is 31.2 Å². The summed E-state index contributed by atoms with van der Waals surface area (Å²) in [5.74, 6) is -0.219. The minimum atomic E-state index is -0.219. The summed E-state index contributed by atoms with van der Waals surface area (Å²) in [4.78, 5) is -0.0181. The maximum absolute atomic E-state index is 13.2. The van der Waals surface area contributed by atoms with Crippen LogP contribution >= 0.6 is 27.5 Å². The topological polar surface area (TPSA) is 0 Å². The largest absolute Gasteiger partial charge is 0.207 e. The van der Waals surface area contributed by atoms with Crippen LogP contribution in [0, 0.1) is 12.7 Å². The molecule has 0 aliphatic carbocycles. The molecule has 0 fully saturated rings. The number of hydrogen-bond donors (Lipinski definition) is 0. The Kier molecular flexibility index (Phi) is 3.85. The molecule has 0 radical (unpaired) electrons. The third kappa shape index (κ3) is 2.88. The highest BCUT2D eigenvalue weighted by molar-refractivity contribution is 9.09. The van der Waals surface area contributed by atoms with Crippen molar-refractivity contribution in [3.8, 4) is 0 Å². The number of rotatable bonds is 2. The number of alkyl halides is 1. The summed E-state index contributed by atoms with van der Waals surface area (Å²) in [6.07, 6.45) is 0. The third-order valence-electron chi connectivity index (χ3n) is 2.68. The lowest BCUT2D eigenvalue weighted by Gasteiger charge is -2.13. The van der Waals surface area contributed by atoms with Gasteiger partial charge in [0, 0.05) is 5.02 Å². The molecule has 0 heterocycles. The molecule has 0 amide bonds. The molecule has 1 atom stereocenters. The second-order valence-corrected chi connectivity index (χ2v) is 5.27. The van der Waals surface area contributed by atoms with Crippen LogP contribution in [0.3, 0.4) is 0 Å². The van der Waals surface area contributed by atoms with Crippen LogP contribution in [0.4, 0.5) is 4.39 Å². The van der Waals surface area contributed by atoms with Crippen molar-refractivity contribution in [3.05, 3.63) is 70.0 Å². The SMILES string of the molecule is Cc1ccc(F)cc1C(Br)c1ccc(Cl)cc1. The number of aryl methyl sites for hydroxylation is 1. The van der Waals surface area contributed by atoms with Gasteiger partial charge in [0.25, 0.3) is 0 Å². The lowest BCUT2D eigenvalue weighted by Crippen LogP contribution is -1.96. The fourth-order valence-corrected chi connectivity index (χ4v) is 2.62. The maximum atomic E-state index is 13.2. The Morgan fingerprint density at radius 1 is 1.12 bits per heavy atom. The number of hydrogen-bond acceptors (Lipinski definition) is 0. The van der Waals surface area contributed by atoms with E-state index < -0.39 is 0 Å². The predicted molar refractivity (Wildman–Crippen MR) is 73.4 cm³/mol. The first kappa shape index (κ1) is 12.6. The molecule has 3 heteroatoms. The summed E-state index contributed by atoms with van der Waals surface area (Å²) >= 11 is 9.44. The molecule has 88 valence electrons. The highest BCUT2D eigenvalue weighted by Crippen LogP contribution is 2.33. The van der Waals surface area contributed by atoms with Gasteiger partial charge in [0.05, 0.1) is 4.83 Å². The molecule has 1 unspecified atom stereocenters. The molecule has 0 saturated carbocycles. The maximum Gasteiger partial charge on any atom is 0.123 e. The van der Waals surface area contributed by atoms with E-state index in [1.165, 1.54) is 6.07 Å². The monoisotopic (exact) mass is 312 g/mol. The van der Waals surface area contributed by atoms with Gasteiger partial charge in [-0.15, -0.1) is 0 Å². The van der Waals surface area contributed by atoms with Crippen LogP contribution in [0.2, 0.25) is 5.02 Å². The standard InChI is InChI=1S/C14H11BrClF/c1-9-2-7-12(17)8-13(9)14(15)10-3-5-11(16)6-4-10/h2-8,14H,1H3. The third-order valence-corrected chi connectivity index (χ3v) is 3.95. The molecular weight excluding hydrogens is 303 g/mol. The zero-order valence-electron chi connectivity index (χ0n) is 9.25. The van der Waals surface area contributed by atoms with Crippen molar-refractivity contribution in [1.29, 1.82) is 0 Å². The first-order chi connectivity index (χ1) is 8.08. The number of halogens is 3. The lowest BCUT2D eigenvalue weighted by atomic mass is 10.0. The molecule has 0 saturated heterocycles. The van der Waals surface area contributed by atoms with E-state index in [2.05, 4.69) is 15.9 Å². The fourth-order valence-electron chi connectivity index (χ4n) is 1.70. The van der Waals surface area contributed by atoms with Crippen LogP contribution in [-0.4, -0.2) is 0 Å². The van der Waals surface area contributed by atoms with Crippen molar-refractivity contribution in [2.24, 2.45) is 0 Å². The highest BCUT2D eigenvalue weighted by Gasteiger charge is 2.13. The smallest absolute Gasteiger partial charge is 0.123 e. The predicted octanol–water partition coefficient (Wildman–Crippen LogP) is 5.27. The van der Waals surface area contributed by atoms with E-state index in [-0.39, 0.29) is 10.6 Å². The lowest BCUT2D eigenvalue weighted by molar-refractivity contribution is 0.625. The second kappa shape index (κ2) is 5.19. The Balaban J connectivity index is 2.39. The zero-order valence-corrected chi connectivity index (χ0v) is 11.6. The molecule has 2 aromatic carbocycles. The molecule has 17 heavy (non-hydrogen) atoms. The highest BCUT2D eigenvalue weighted by atomic mass is 79.9. The summed E-state index contributed by atoms with van der Waals surface area (Å²) in [7, 11) is 0. The van der Waals surface area contributed by atoms with Crippen LogP contribution < -0.4 is 0 Å². The molecule has 2 aromatic rings. The fraction of sp³-hybridized carbons (Fsp3) is 0.143. The van der Waals surface area contributed by atoms with E-state index in [0.717, 1.165) is 16.7 Å². The van der Waals surface area contributed by atoms with Gasteiger partial charge in [-0.2, -0.15) is 0 Å². The molecule has 0 N–H and O–H groups in total. The van der Waals surface area contributed by atoms with Crippen LogP contribution in [0.25, 0.3) is 0 Å². The summed E-state index contributed by atoms with van der Waals surface area (Å²) in [5.41, 5.74) is 3.05. The summed E-state index contributed by atoms with van der Waals surface area (Å²) in [6, 6.07) is 12.4. The molecule has 0 aliphatic rings. The first-order valence-electron chi connectivity index (χ1n) is 5.23. The van der Waals surface area contributed by atoms with Gasteiger partial charge in [-0.1, -0.05) is 45.7 Å². The first-order valence-corrected chi connectivity index (χ1v) is 6.53. The Morgan fingerprint density at radius 3 is 2.41 bits per heavy atom. The summed E-state index contributed by atoms with van der Waals surface area (Å²) in [5, 5.41) is 0.699. The minimum Gasteiger partial charge on any atom is -0.207 e. The molecule has 0 bridgehead atoms. The van der Waals surface area contributed by atoms with Crippen LogP contribution in [0.5, 0.6) is 0 Å². The Labute approximate surface area is 114 Å². The van der Waals surface area contributed by atoms with E-state index in [9.17, 15) is 4.39 Å². The van der Waals surface area contributed by atoms with Crippen molar-refractivity contribution >= 4 is 27.5 Å². The van der Waals surface area contributed by atoms with Gasteiger partial charge < -0.3 is 0 Å². The molecule has 0 aromatic heterocycles. The van der Waals surface area contributed by atoms with E-state index in [1.54, 1.807) is 12.1 Å². The van der Waals surface area contributed by atoms with Crippen molar-refractivity contribution in [1.82, 2.24) is 0 Å². The molecule has 0 nitrogen and oxygen atoms in total. The van der Waals surface area contributed by atoms with Crippen molar-refractivity contribution < 1.29 is 4.39 Å². The van der Waals surface area contributed by atoms with Gasteiger partial charge in [-0.05, 0) is 47.9 Å².